The Labute approximate surface area is 123 Å². The maximum absolute atomic E-state index is 3.79. The fraction of sp³-hybridized carbons (Fsp3) is 0.368. The van der Waals surface area contributed by atoms with E-state index in [0.29, 0.717) is 12.1 Å². The Balaban J connectivity index is 2.14. The average molecular weight is 267 g/mol. The van der Waals surface area contributed by atoms with Crippen LogP contribution in [0.25, 0.3) is 0 Å². The van der Waals surface area contributed by atoms with Crippen LogP contribution in [0.2, 0.25) is 0 Å². The van der Waals surface area contributed by atoms with Gasteiger partial charge in [-0.15, -0.1) is 0 Å². The molecule has 0 aliphatic carbocycles. The summed E-state index contributed by atoms with van der Waals surface area (Å²) in [5.74, 6) is 0. The zero-order chi connectivity index (χ0) is 14.4. The second kappa shape index (κ2) is 7.25. The molecule has 2 rings (SSSR count). The van der Waals surface area contributed by atoms with Gasteiger partial charge in [-0.05, 0) is 37.0 Å². The summed E-state index contributed by atoms with van der Waals surface area (Å²) < 4.78 is 0. The molecule has 0 bridgehead atoms. The molecule has 0 amide bonds. The molecule has 0 heterocycles. The molecular formula is C19H25N. The van der Waals surface area contributed by atoms with Gasteiger partial charge in [0.1, 0.15) is 0 Å². The lowest BCUT2D eigenvalue weighted by atomic mass is 9.98. The van der Waals surface area contributed by atoms with E-state index in [1.165, 1.54) is 29.5 Å². The van der Waals surface area contributed by atoms with Crippen LogP contribution in [0.5, 0.6) is 0 Å². The van der Waals surface area contributed by atoms with Crippen LogP contribution in [0.1, 0.15) is 55.5 Å². The Bertz CT molecular complexity index is 518. The molecule has 0 spiro atoms. The van der Waals surface area contributed by atoms with Crippen LogP contribution in [-0.4, -0.2) is 0 Å². The Hall–Kier alpha value is -1.60. The summed E-state index contributed by atoms with van der Waals surface area (Å²) in [6.45, 7) is 6.69. The molecule has 1 N–H and O–H groups in total. The van der Waals surface area contributed by atoms with Crippen molar-refractivity contribution in [3.8, 4) is 0 Å². The van der Waals surface area contributed by atoms with E-state index < -0.39 is 0 Å². The molecule has 2 aromatic carbocycles. The van der Waals surface area contributed by atoms with E-state index in [2.05, 4.69) is 80.7 Å². The van der Waals surface area contributed by atoms with Crippen LogP contribution in [0, 0.1) is 6.92 Å². The summed E-state index contributed by atoms with van der Waals surface area (Å²) in [5, 5.41) is 3.79. The van der Waals surface area contributed by atoms with Crippen LogP contribution < -0.4 is 5.32 Å². The second-order valence-corrected chi connectivity index (χ2v) is 5.50. The predicted molar refractivity (Wildman–Crippen MR) is 86.8 cm³/mol. The largest absolute Gasteiger partial charge is 0.303 e. The first kappa shape index (κ1) is 14.8. The van der Waals surface area contributed by atoms with Gasteiger partial charge < -0.3 is 5.32 Å². The third-order valence-corrected chi connectivity index (χ3v) is 3.89. The van der Waals surface area contributed by atoms with Crippen molar-refractivity contribution in [3.05, 3.63) is 71.3 Å². The summed E-state index contributed by atoms with van der Waals surface area (Å²) in [7, 11) is 0. The summed E-state index contributed by atoms with van der Waals surface area (Å²) in [5.41, 5.74) is 4.13. The molecule has 0 fully saturated rings. The lowest BCUT2D eigenvalue weighted by Gasteiger charge is -2.25. The van der Waals surface area contributed by atoms with E-state index in [4.69, 9.17) is 0 Å². The fourth-order valence-corrected chi connectivity index (χ4v) is 2.78. The molecule has 1 nitrogen and oxygen atoms in total. The molecule has 0 saturated carbocycles. The van der Waals surface area contributed by atoms with E-state index in [0.717, 1.165) is 0 Å². The zero-order valence-electron chi connectivity index (χ0n) is 12.8. The smallest absolute Gasteiger partial charge is 0.0325 e. The van der Waals surface area contributed by atoms with Gasteiger partial charge in [0.05, 0.1) is 0 Å². The first-order valence-electron chi connectivity index (χ1n) is 7.59. The highest BCUT2D eigenvalue weighted by Gasteiger charge is 2.15. The van der Waals surface area contributed by atoms with Crippen molar-refractivity contribution in [1.29, 1.82) is 0 Å². The maximum atomic E-state index is 3.79. The molecule has 0 aliphatic heterocycles. The maximum Gasteiger partial charge on any atom is 0.0325 e. The van der Waals surface area contributed by atoms with Crippen molar-refractivity contribution in [3.63, 3.8) is 0 Å². The normalized spacial score (nSPS) is 13.9. The van der Waals surface area contributed by atoms with Crippen LogP contribution >= 0.6 is 0 Å². The van der Waals surface area contributed by atoms with Crippen LogP contribution in [-0.2, 0) is 0 Å². The highest BCUT2D eigenvalue weighted by atomic mass is 14.9. The predicted octanol–water partition coefficient (Wildman–Crippen LogP) is 5.19. The van der Waals surface area contributed by atoms with Gasteiger partial charge in [-0.25, -0.2) is 0 Å². The number of aryl methyl sites for hydroxylation is 1. The van der Waals surface area contributed by atoms with E-state index in [1.54, 1.807) is 0 Å². The van der Waals surface area contributed by atoms with Crippen molar-refractivity contribution >= 4 is 0 Å². The quantitative estimate of drug-likeness (QED) is 0.759. The van der Waals surface area contributed by atoms with Gasteiger partial charge in [-0.3, -0.25) is 0 Å². The fourth-order valence-electron chi connectivity index (χ4n) is 2.78. The molecule has 0 saturated heterocycles. The summed E-state index contributed by atoms with van der Waals surface area (Å²) >= 11 is 0. The number of nitrogens with one attached hydrogen (secondary N) is 1. The molecule has 1 unspecified atom stereocenters. The molecule has 106 valence electrons. The molecule has 0 aromatic heterocycles. The minimum atomic E-state index is 0.368. The van der Waals surface area contributed by atoms with E-state index in [9.17, 15) is 0 Å². The van der Waals surface area contributed by atoms with Crippen LogP contribution in [0.3, 0.4) is 0 Å². The van der Waals surface area contributed by atoms with Gasteiger partial charge in [0, 0.05) is 12.1 Å². The van der Waals surface area contributed by atoms with Gasteiger partial charge in [-0.2, -0.15) is 0 Å². The number of hydrogen-bond acceptors (Lipinski definition) is 1. The Kier molecular flexibility index (Phi) is 5.37. The molecule has 0 radical (unpaired) electrons. The Morgan fingerprint density at radius 2 is 1.60 bits per heavy atom. The van der Waals surface area contributed by atoms with Gasteiger partial charge in [0.25, 0.3) is 0 Å². The van der Waals surface area contributed by atoms with E-state index >= 15 is 0 Å². The van der Waals surface area contributed by atoms with Crippen molar-refractivity contribution in [2.75, 3.05) is 0 Å². The van der Waals surface area contributed by atoms with Gasteiger partial charge in [0.2, 0.25) is 0 Å². The minimum Gasteiger partial charge on any atom is -0.303 e. The van der Waals surface area contributed by atoms with Crippen molar-refractivity contribution < 1.29 is 0 Å². The van der Waals surface area contributed by atoms with Gasteiger partial charge >= 0.3 is 0 Å². The number of benzene rings is 2. The van der Waals surface area contributed by atoms with Gasteiger partial charge in [0.15, 0.2) is 0 Å². The van der Waals surface area contributed by atoms with E-state index in [-0.39, 0.29) is 0 Å². The van der Waals surface area contributed by atoms with E-state index in [1.807, 2.05) is 0 Å². The molecule has 2 aromatic rings. The third kappa shape index (κ3) is 3.71. The SMILES string of the molecule is CCCC(N[C@@H](C)c1ccccc1C)c1ccccc1. The summed E-state index contributed by atoms with van der Waals surface area (Å²) in [6, 6.07) is 20.2. The first-order chi connectivity index (χ1) is 9.72. The number of rotatable bonds is 6. The second-order valence-electron chi connectivity index (χ2n) is 5.50. The molecule has 0 aliphatic rings. The molecule has 2 atom stereocenters. The third-order valence-electron chi connectivity index (χ3n) is 3.89. The van der Waals surface area contributed by atoms with Crippen molar-refractivity contribution in [1.82, 2.24) is 5.32 Å². The van der Waals surface area contributed by atoms with Crippen LogP contribution in [0.4, 0.5) is 0 Å². The standard InChI is InChI=1S/C19H25N/c1-4-10-19(17-12-6-5-7-13-17)20-16(3)18-14-9-8-11-15(18)2/h5-9,11-14,16,19-20H,4,10H2,1-3H3/t16-,19?/m0/s1. The number of hydrogen-bond donors (Lipinski definition) is 1. The lowest BCUT2D eigenvalue weighted by Crippen LogP contribution is -2.25. The minimum absolute atomic E-state index is 0.368. The average Bonchev–Trinajstić information content (AvgIpc) is 2.48. The van der Waals surface area contributed by atoms with Crippen molar-refractivity contribution in [2.24, 2.45) is 0 Å². The Morgan fingerprint density at radius 1 is 0.950 bits per heavy atom. The highest BCUT2D eigenvalue weighted by molar-refractivity contribution is 5.29. The van der Waals surface area contributed by atoms with Crippen LogP contribution in [0.15, 0.2) is 54.6 Å². The zero-order valence-corrected chi connectivity index (χ0v) is 12.8. The summed E-state index contributed by atoms with van der Waals surface area (Å²) in [6.07, 6.45) is 2.35. The first-order valence-corrected chi connectivity index (χ1v) is 7.59. The molecule has 1 heteroatoms. The summed E-state index contributed by atoms with van der Waals surface area (Å²) in [4.78, 5) is 0. The monoisotopic (exact) mass is 267 g/mol. The lowest BCUT2D eigenvalue weighted by molar-refractivity contribution is 0.438. The molecule has 20 heavy (non-hydrogen) atoms. The van der Waals surface area contributed by atoms with Crippen molar-refractivity contribution in [2.45, 2.75) is 45.7 Å². The molecular weight excluding hydrogens is 242 g/mol. The van der Waals surface area contributed by atoms with Gasteiger partial charge in [-0.1, -0.05) is 67.9 Å². The Morgan fingerprint density at radius 3 is 2.25 bits per heavy atom. The highest BCUT2D eigenvalue weighted by Crippen LogP contribution is 2.24. The topological polar surface area (TPSA) is 12.0 Å².